The van der Waals surface area contributed by atoms with E-state index in [1.165, 1.54) is 38.2 Å². The smallest absolute Gasteiger partial charge is 0.130 e. The molecule has 1 aromatic carbocycles. The van der Waals surface area contributed by atoms with Crippen LogP contribution in [0.1, 0.15) is 44.6 Å². The molecule has 1 spiro atoms. The summed E-state index contributed by atoms with van der Waals surface area (Å²) in [6.07, 6.45) is 6.30. The van der Waals surface area contributed by atoms with E-state index in [9.17, 15) is 8.78 Å². The zero-order chi connectivity index (χ0) is 14.9. The number of halogens is 2. The summed E-state index contributed by atoms with van der Waals surface area (Å²) in [5.41, 5.74) is 0.803. The Bertz CT molecular complexity index is 498. The molecule has 1 N–H and O–H groups in total. The van der Waals surface area contributed by atoms with E-state index in [-0.39, 0.29) is 5.54 Å². The third-order valence-electron chi connectivity index (χ3n) is 5.10. The highest BCUT2D eigenvalue weighted by molar-refractivity contribution is 5.19. The Morgan fingerprint density at radius 2 is 2.00 bits per heavy atom. The fourth-order valence-corrected chi connectivity index (χ4v) is 3.74. The summed E-state index contributed by atoms with van der Waals surface area (Å²) in [5, 5.41) is 3.73. The van der Waals surface area contributed by atoms with Crippen molar-refractivity contribution in [2.45, 2.75) is 57.2 Å². The van der Waals surface area contributed by atoms with Crippen LogP contribution in [0.15, 0.2) is 18.2 Å². The van der Waals surface area contributed by atoms with Crippen LogP contribution < -0.4 is 5.32 Å². The lowest BCUT2D eigenvalue weighted by molar-refractivity contribution is 0.0565. The van der Waals surface area contributed by atoms with Crippen molar-refractivity contribution in [1.29, 1.82) is 0 Å². The second-order valence-corrected chi connectivity index (χ2v) is 6.71. The number of rotatable bonds is 2. The van der Waals surface area contributed by atoms with Crippen LogP contribution in [0.3, 0.4) is 0 Å². The molecule has 1 aliphatic carbocycles. The van der Waals surface area contributed by atoms with Gasteiger partial charge in [-0.3, -0.25) is 4.90 Å². The SMILES string of the molecule is CC1CNC2(CCCCC2)CN1Cc1ccc(F)cc1F. The van der Waals surface area contributed by atoms with E-state index in [1.54, 1.807) is 6.07 Å². The highest BCUT2D eigenvalue weighted by atomic mass is 19.1. The molecule has 1 aromatic rings. The third kappa shape index (κ3) is 3.27. The maximum atomic E-state index is 13.9. The Hall–Kier alpha value is -1.00. The molecule has 1 heterocycles. The summed E-state index contributed by atoms with van der Waals surface area (Å²) in [4.78, 5) is 2.35. The number of nitrogens with zero attached hydrogens (tertiary/aromatic N) is 1. The Balaban J connectivity index is 1.73. The predicted octanol–water partition coefficient (Wildman–Crippen LogP) is 3.46. The summed E-state index contributed by atoms with van der Waals surface area (Å²) in [6.45, 7) is 4.65. The molecule has 2 fully saturated rings. The number of hydrogen-bond acceptors (Lipinski definition) is 2. The molecule has 1 atom stereocenters. The van der Waals surface area contributed by atoms with E-state index in [0.29, 0.717) is 18.2 Å². The van der Waals surface area contributed by atoms with Crippen LogP contribution in [-0.4, -0.2) is 29.6 Å². The summed E-state index contributed by atoms with van der Waals surface area (Å²) in [5.74, 6) is -0.938. The first-order valence-electron chi connectivity index (χ1n) is 8.01. The minimum Gasteiger partial charge on any atom is -0.308 e. The van der Waals surface area contributed by atoms with Crippen molar-refractivity contribution in [2.24, 2.45) is 0 Å². The Labute approximate surface area is 125 Å². The first-order valence-corrected chi connectivity index (χ1v) is 8.01. The molecule has 0 bridgehead atoms. The largest absolute Gasteiger partial charge is 0.308 e. The van der Waals surface area contributed by atoms with Gasteiger partial charge in [-0.15, -0.1) is 0 Å². The minimum atomic E-state index is -0.506. The molecule has 1 saturated carbocycles. The molecule has 21 heavy (non-hydrogen) atoms. The van der Waals surface area contributed by atoms with E-state index in [4.69, 9.17) is 0 Å². The van der Waals surface area contributed by atoms with Crippen molar-refractivity contribution in [3.8, 4) is 0 Å². The normalized spacial score (nSPS) is 26.1. The van der Waals surface area contributed by atoms with E-state index >= 15 is 0 Å². The van der Waals surface area contributed by atoms with Crippen LogP contribution >= 0.6 is 0 Å². The predicted molar refractivity (Wildman–Crippen MR) is 80.0 cm³/mol. The molecular weight excluding hydrogens is 270 g/mol. The second-order valence-electron chi connectivity index (χ2n) is 6.71. The van der Waals surface area contributed by atoms with E-state index in [2.05, 4.69) is 17.1 Å². The summed E-state index contributed by atoms with van der Waals surface area (Å²) in [7, 11) is 0. The lowest BCUT2D eigenvalue weighted by atomic mass is 9.79. The number of benzene rings is 1. The van der Waals surface area contributed by atoms with Crippen LogP contribution in [0, 0.1) is 11.6 Å². The highest BCUT2D eigenvalue weighted by Gasteiger charge is 2.38. The van der Waals surface area contributed by atoms with Crippen molar-refractivity contribution in [1.82, 2.24) is 10.2 Å². The van der Waals surface area contributed by atoms with Gasteiger partial charge < -0.3 is 5.32 Å². The van der Waals surface area contributed by atoms with Crippen molar-refractivity contribution in [3.05, 3.63) is 35.4 Å². The van der Waals surface area contributed by atoms with Crippen molar-refractivity contribution in [2.75, 3.05) is 13.1 Å². The molecule has 1 aliphatic heterocycles. The lowest BCUT2D eigenvalue weighted by Crippen LogP contribution is -2.63. The van der Waals surface area contributed by atoms with E-state index in [0.717, 1.165) is 19.2 Å². The zero-order valence-electron chi connectivity index (χ0n) is 12.7. The third-order valence-corrected chi connectivity index (χ3v) is 5.10. The van der Waals surface area contributed by atoms with Crippen molar-refractivity contribution >= 4 is 0 Å². The molecule has 1 saturated heterocycles. The number of hydrogen-bond donors (Lipinski definition) is 1. The van der Waals surface area contributed by atoms with Crippen LogP contribution in [0.4, 0.5) is 8.78 Å². The molecule has 2 nitrogen and oxygen atoms in total. The number of nitrogens with one attached hydrogen (secondary N) is 1. The summed E-state index contributed by atoms with van der Waals surface area (Å²) >= 11 is 0. The Morgan fingerprint density at radius 1 is 1.24 bits per heavy atom. The first-order chi connectivity index (χ1) is 10.1. The molecule has 0 radical (unpaired) electrons. The topological polar surface area (TPSA) is 15.3 Å². The van der Waals surface area contributed by atoms with Gasteiger partial charge in [-0.25, -0.2) is 8.78 Å². The fourth-order valence-electron chi connectivity index (χ4n) is 3.74. The maximum Gasteiger partial charge on any atom is 0.130 e. The van der Waals surface area contributed by atoms with Gasteiger partial charge in [0.2, 0.25) is 0 Å². The molecule has 1 unspecified atom stereocenters. The molecule has 0 aromatic heterocycles. The van der Waals surface area contributed by atoms with Gasteiger partial charge in [0.1, 0.15) is 11.6 Å². The molecule has 4 heteroatoms. The maximum absolute atomic E-state index is 13.9. The second kappa shape index (κ2) is 6.01. The van der Waals surface area contributed by atoms with Crippen LogP contribution in [0.25, 0.3) is 0 Å². The van der Waals surface area contributed by atoms with Gasteiger partial charge in [0.15, 0.2) is 0 Å². The summed E-state index contributed by atoms with van der Waals surface area (Å²) < 4.78 is 26.9. The van der Waals surface area contributed by atoms with Crippen LogP contribution in [0.5, 0.6) is 0 Å². The van der Waals surface area contributed by atoms with Crippen LogP contribution in [-0.2, 0) is 6.54 Å². The van der Waals surface area contributed by atoms with Gasteiger partial charge in [-0.05, 0) is 25.8 Å². The van der Waals surface area contributed by atoms with Gasteiger partial charge in [-0.2, -0.15) is 0 Å². The van der Waals surface area contributed by atoms with Crippen LogP contribution in [0.2, 0.25) is 0 Å². The van der Waals surface area contributed by atoms with Crippen molar-refractivity contribution < 1.29 is 8.78 Å². The van der Waals surface area contributed by atoms with Gasteiger partial charge in [-0.1, -0.05) is 25.3 Å². The lowest BCUT2D eigenvalue weighted by Gasteiger charge is -2.49. The molecule has 2 aliphatic rings. The van der Waals surface area contributed by atoms with Gasteiger partial charge in [0.25, 0.3) is 0 Å². The molecule has 3 rings (SSSR count). The monoisotopic (exact) mass is 294 g/mol. The minimum absolute atomic E-state index is 0.210. The molecule has 0 amide bonds. The van der Waals surface area contributed by atoms with Crippen molar-refractivity contribution in [3.63, 3.8) is 0 Å². The van der Waals surface area contributed by atoms with Gasteiger partial charge in [0, 0.05) is 42.8 Å². The van der Waals surface area contributed by atoms with Gasteiger partial charge in [0.05, 0.1) is 0 Å². The number of piperazine rings is 1. The standard InChI is InChI=1S/C17H24F2N2/c1-13-10-20-17(7-3-2-4-8-17)12-21(13)11-14-5-6-15(18)9-16(14)19/h5-6,9,13,20H,2-4,7-8,10-12H2,1H3. The molecular formula is C17H24F2N2. The molecule has 116 valence electrons. The quantitative estimate of drug-likeness (QED) is 0.898. The van der Waals surface area contributed by atoms with E-state index < -0.39 is 11.6 Å². The zero-order valence-corrected chi connectivity index (χ0v) is 12.7. The Kier molecular flexibility index (Phi) is 4.27. The highest BCUT2D eigenvalue weighted by Crippen LogP contribution is 2.32. The fraction of sp³-hybridized carbons (Fsp3) is 0.647. The Morgan fingerprint density at radius 3 is 2.71 bits per heavy atom. The summed E-state index contributed by atoms with van der Waals surface area (Å²) in [6, 6.07) is 4.29. The van der Waals surface area contributed by atoms with Gasteiger partial charge >= 0.3 is 0 Å². The first kappa shape index (κ1) is 14.9. The van der Waals surface area contributed by atoms with E-state index in [1.807, 2.05) is 0 Å². The average molecular weight is 294 g/mol. The average Bonchev–Trinajstić information content (AvgIpc) is 2.47.